The Kier molecular flexibility index (Phi) is 6.32. The monoisotopic (exact) mass is 264 g/mol. The highest BCUT2D eigenvalue weighted by Gasteiger charge is 2.13. The summed E-state index contributed by atoms with van der Waals surface area (Å²) in [5.74, 6) is 0.331. The van der Waals surface area contributed by atoms with Crippen molar-refractivity contribution in [3.8, 4) is 5.75 Å². The van der Waals surface area contributed by atoms with E-state index < -0.39 is 0 Å². The van der Waals surface area contributed by atoms with Gasteiger partial charge in [-0.2, -0.15) is 0 Å². The molecule has 0 amide bonds. The van der Waals surface area contributed by atoms with Gasteiger partial charge in [0.25, 0.3) is 0 Å². The van der Waals surface area contributed by atoms with Gasteiger partial charge in [-0.3, -0.25) is 4.90 Å². The molecule has 1 atom stereocenters. The van der Waals surface area contributed by atoms with Crippen LogP contribution in [0.1, 0.15) is 46.2 Å². The molecule has 1 aromatic rings. The molecule has 0 radical (unpaired) electrons. The average molecular weight is 264 g/mol. The maximum atomic E-state index is 9.49. The number of hydrogen-bond donors (Lipinski definition) is 2. The molecule has 0 aliphatic rings. The molecule has 0 saturated heterocycles. The van der Waals surface area contributed by atoms with Gasteiger partial charge in [0.15, 0.2) is 0 Å². The molecule has 0 aliphatic heterocycles. The summed E-state index contributed by atoms with van der Waals surface area (Å²) in [7, 11) is 0. The first kappa shape index (κ1) is 16.0. The molecule has 1 unspecified atom stereocenters. The molecule has 0 bridgehead atoms. The first-order valence-electron chi connectivity index (χ1n) is 7.20. The standard InChI is InChI=1S/C16H28N2O/c1-12(2)18(13(3)4)10-9-17-14(5)15-7-6-8-16(19)11-15/h6-8,11-14,17,19H,9-10H2,1-5H3. The van der Waals surface area contributed by atoms with Gasteiger partial charge in [0.05, 0.1) is 0 Å². The van der Waals surface area contributed by atoms with E-state index in [1.807, 2.05) is 18.2 Å². The number of rotatable bonds is 7. The van der Waals surface area contributed by atoms with Crippen LogP contribution in [-0.2, 0) is 0 Å². The summed E-state index contributed by atoms with van der Waals surface area (Å²) in [6.07, 6.45) is 0. The van der Waals surface area contributed by atoms with Crippen molar-refractivity contribution in [3.63, 3.8) is 0 Å². The molecule has 0 saturated carbocycles. The number of benzene rings is 1. The SMILES string of the molecule is CC(NCCN(C(C)C)C(C)C)c1cccc(O)c1. The topological polar surface area (TPSA) is 35.5 Å². The average Bonchev–Trinajstić information content (AvgIpc) is 2.33. The van der Waals surface area contributed by atoms with Gasteiger partial charge < -0.3 is 10.4 Å². The normalized spacial score (nSPS) is 13.5. The Morgan fingerprint density at radius 3 is 2.26 bits per heavy atom. The minimum atomic E-state index is 0.258. The summed E-state index contributed by atoms with van der Waals surface area (Å²) < 4.78 is 0. The van der Waals surface area contributed by atoms with Crippen LogP contribution in [0.4, 0.5) is 0 Å². The minimum Gasteiger partial charge on any atom is -0.508 e. The second kappa shape index (κ2) is 7.51. The molecule has 1 rings (SSSR count). The van der Waals surface area contributed by atoms with Crippen molar-refractivity contribution < 1.29 is 5.11 Å². The van der Waals surface area contributed by atoms with Crippen molar-refractivity contribution in [2.45, 2.75) is 52.7 Å². The Morgan fingerprint density at radius 2 is 1.74 bits per heavy atom. The number of nitrogens with one attached hydrogen (secondary N) is 1. The van der Waals surface area contributed by atoms with E-state index in [-0.39, 0.29) is 6.04 Å². The number of nitrogens with zero attached hydrogens (tertiary/aromatic N) is 1. The molecule has 108 valence electrons. The van der Waals surface area contributed by atoms with Gasteiger partial charge in [0, 0.05) is 31.2 Å². The zero-order valence-electron chi connectivity index (χ0n) is 12.9. The van der Waals surface area contributed by atoms with Crippen LogP contribution in [-0.4, -0.2) is 35.2 Å². The third-order valence-corrected chi connectivity index (χ3v) is 3.52. The van der Waals surface area contributed by atoms with E-state index in [0.29, 0.717) is 17.8 Å². The molecule has 0 aromatic heterocycles. The van der Waals surface area contributed by atoms with Crippen molar-refractivity contribution >= 4 is 0 Å². The highest BCUT2D eigenvalue weighted by atomic mass is 16.3. The zero-order chi connectivity index (χ0) is 14.4. The summed E-state index contributed by atoms with van der Waals surface area (Å²) in [6.45, 7) is 13.1. The lowest BCUT2D eigenvalue weighted by atomic mass is 10.1. The van der Waals surface area contributed by atoms with E-state index in [4.69, 9.17) is 0 Å². The fraction of sp³-hybridized carbons (Fsp3) is 0.625. The van der Waals surface area contributed by atoms with Crippen LogP contribution in [0.5, 0.6) is 5.75 Å². The lowest BCUT2D eigenvalue weighted by molar-refractivity contribution is 0.174. The third kappa shape index (κ3) is 5.21. The number of aromatic hydroxyl groups is 1. The van der Waals surface area contributed by atoms with Crippen LogP contribution in [0, 0.1) is 0 Å². The van der Waals surface area contributed by atoms with Crippen LogP contribution >= 0.6 is 0 Å². The molecule has 3 nitrogen and oxygen atoms in total. The number of hydrogen-bond acceptors (Lipinski definition) is 3. The van der Waals surface area contributed by atoms with Gasteiger partial charge in [-0.05, 0) is 52.3 Å². The van der Waals surface area contributed by atoms with Gasteiger partial charge in [0.2, 0.25) is 0 Å². The van der Waals surface area contributed by atoms with Crippen LogP contribution in [0.2, 0.25) is 0 Å². The van der Waals surface area contributed by atoms with Crippen LogP contribution in [0.15, 0.2) is 24.3 Å². The molecule has 0 fully saturated rings. The van der Waals surface area contributed by atoms with Gasteiger partial charge in [0.1, 0.15) is 5.75 Å². The summed E-state index contributed by atoms with van der Waals surface area (Å²) in [4.78, 5) is 2.47. The van der Waals surface area contributed by atoms with Crippen molar-refractivity contribution in [2.75, 3.05) is 13.1 Å². The fourth-order valence-electron chi connectivity index (χ4n) is 2.43. The first-order chi connectivity index (χ1) is 8.91. The first-order valence-corrected chi connectivity index (χ1v) is 7.20. The Morgan fingerprint density at radius 1 is 1.11 bits per heavy atom. The predicted octanol–water partition coefficient (Wildman–Crippen LogP) is 3.16. The Hall–Kier alpha value is -1.06. The molecular weight excluding hydrogens is 236 g/mol. The van der Waals surface area contributed by atoms with E-state index in [1.54, 1.807) is 6.07 Å². The quantitative estimate of drug-likeness (QED) is 0.794. The maximum absolute atomic E-state index is 9.49. The molecule has 3 heteroatoms. The van der Waals surface area contributed by atoms with Gasteiger partial charge in [-0.25, -0.2) is 0 Å². The van der Waals surface area contributed by atoms with Crippen molar-refractivity contribution in [1.29, 1.82) is 0 Å². The van der Waals surface area contributed by atoms with Crippen LogP contribution < -0.4 is 5.32 Å². The van der Waals surface area contributed by atoms with E-state index in [9.17, 15) is 5.11 Å². The van der Waals surface area contributed by atoms with Crippen LogP contribution in [0.25, 0.3) is 0 Å². The van der Waals surface area contributed by atoms with Crippen molar-refractivity contribution in [2.24, 2.45) is 0 Å². The summed E-state index contributed by atoms with van der Waals surface area (Å²) in [5.41, 5.74) is 1.13. The highest BCUT2D eigenvalue weighted by Crippen LogP contribution is 2.17. The molecule has 0 heterocycles. The van der Waals surface area contributed by atoms with Gasteiger partial charge >= 0.3 is 0 Å². The minimum absolute atomic E-state index is 0.258. The van der Waals surface area contributed by atoms with E-state index in [2.05, 4.69) is 44.8 Å². The Balaban J connectivity index is 2.44. The highest BCUT2D eigenvalue weighted by molar-refractivity contribution is 5.28. The Labute approximate surface area is 117 Å². The second-order valence-corrected chi connectivity index (χ2v) is 5.70. The molecule has 0 aliphatic carbocycles. The summed E-state index contributed by atoms with van der Waals surface area (Å²) >= 11 is 0. The van der Waals surface area contributed by atoms with E-state index in [1.165, 1.54) is 0 Å². The molecular formula is C16H28N2O. The molecule has 1 aromatic carbocycles. The van der Waals surface area contributed by atoms with Crippen molar-refractivity contribution in [1.82, 2.24) is 10.2 Å². The number of phenolic OH excluding ortho intramolecular Hbond substituents is 1. The van der Waals surface area contributed by atoms with Crippen LogP contribution in [0.3, 0.4) is 0 Å². The number of phenols is 1. The zero-order valence-corrected chi connectivity index (χ0v) is 12.9. The smallest absolute Gasteiger partial charge is 0.115 e. The molecule has 2 N–H and O–H groups in total. The Bertz CT molecular complexity index is 369. The molecule has 19 heavy (non-hydrogen) atoms. The lowest BCUT2D eigenvalue weighted by Crippen LogP contribution is -2.41. The largest absolute Gasteiger partial charge is 0.508 e. The van der Waals surface area contributed by atoms with E-state index >= 15 is 0 Å². The molecule has 0 spiro atoms. The summed E-state index contributed by atoms with van der Waals surface area (Å²) in [6, 6.07) is 8.84. The third-order valence-electron chi connectivity index (χ3n) is 3.52. The summed E-state index contributed by atoms with van der Waals surface area (Å²) in [5, 5.41) is 13.0. The predicted molar refractivity (Wildman–Crippen MR) is 81.5 cm³/mol. The fourth-order valence-corrected chi connectivity index (χ4v) is 2.43. The van der Waals surface area contributed by atoms with Gasteiger partial charge in [-0.1, -0.05) is 12.1 Å². The van der Waals surface area contributed by atoms with E-state index in [0.717, 1.165) is 18.7 Å². The lowest BCUT2D eigenvalue weighted by Gasteiger charge is -2.31. The van der Waals surface area contributed by atoms with Gasteiger partial charge in [-0.15, -0.1) is 0 Å². The van der Waals surface area contributed by atoms with Crippen molar-refractivity contribution in [3.05, 3.63) is 29.8 Å². The maximum Gasteiger partial charge on any atom is 0.115 e. The second-order valence-electron chi connectivity index (χ2n) is 5.70.